The molecule has 1 heterocycles. The van der Waals surface area contributed by atoms with E-state index in [1.165, 1.54) is 11.1 Å². The number of nitrogens with zero attached hydrogens (tertiary/aromatic N) is 2. The Hall–Kier alpha value is -3.51. The van der Waals surface area contributed by atoms with Gasteiger partial charge in [-0.15, -0.1) is 0 Å². The van der Waals surface area contributed by atoms with E-state index in [1.807, 2.05) is 18.2 Å². The zero-order chi connectivity index (χ0) is 26.2. The number of nitrogens with one attached hydrogen (secondary N) is 1. The van der Waals surface area contributed by atoms with E-state index in [-0.39, 0.29) is 12.5 Å². The van der Waals surface area contributed by atoms with Crippen LogP contribution in [0.25, 0.3) is 11.0 Å². The highest BCUT2D eigenvalue weighted by Gasteiger charge is 2.13. The quantitative estimate of drug-likeness (QED) is 0.212. The average molecular weight is 520 g/mol. The third-order valence-electron chi connectivity index (χ3n) is 6.19. The van der Waals surface area contributed by atoms with Crippen LogP contribution in [0.15, 0.2) is 66.7 Å². The minimum atomic E-state index is -0.207. The number of unbranched alkanes of at least 4 members (excludes halogenated alkanes) is 1. The van der Waals surface area contributed by atoms with Crippen LogP contribution in [0.2, 0.25) is 5.02 Å². The Bertz CT molecular complexity index is 1330. The molecule has 0 saturated heterocycles. The Morgan fingerprint density at radius 2 is 1.81 bits per heavy atom. The third-order valence-corrected chi connectivity index (χ3v) is 6.44. The lowest BCUT2D eigenvalue weighted by atomic mass is 10.0. The number of hydrogen-bond acceptors (Lipinski definition) is 4. The van der Waals surface area contributed by atoms with Crippen LogP contribution in [0.1, 0.15) is 49.6 Å². The maximum absolute atomic E-state index is 12.4. The topological polar surface area (TPSA) is 65.4 Å². The minimum absolute atomic E-state index is 0.0729. The zero-order valence-corrected chi connectivity index (χ0v) is 22.4. The maximum atomic E-state index is 12.4. The number of imidazole rings is 1. The molecule has 6 nitrogen and oxygen atoms in total. The normalized spacial score (nSPS) is 11.2. The number of aromatic nitrogens is 2. The molecule has 0 aliphatic heterocycles. The van der Waals surface area contributed by atoms with Gasteiger partial charge in [-0.2, -0.15) is 0 Å². The van der Waals surface area contributed by atoms with Crippen molar-refractivity contribution in [2.45, 2.75) is 52.6 Å². The van der Waals surface area contributed by atoms with Crippen LogP contribution >= 0.6 is 11.6 Å². The van der Waals surface area contributed by atoms with Crippen LogP contribution in [-0.2, 0) is 17.9 Å². The van der Waals surface area contributed by atoms with Gasteiger partial charge in [0, 0.05) is 11.6 Å². The van der Waals surface area contributed by atoms with E-state index in [0.29, 0.717) is 29.8 Å². The lowest BCUT2D eigenvalue weighted by Gasteiger charge is -2.15. The fraction of sp³-hybridized carbons (Fsp3) is 0.333. The highest BCUT2D eigenvalue weighted by molar-refractivity contribution is 6.30. The second-order valence-electron chi connectivity index (χ2n) is 9.44. The van der Waals surface area contributed by atoms with E-state index in [0.717, 1.165) is 42.0 Å². The van der Waals surface area contributed by atoms with Crippen molar-refractivity contribution in [1.82, 2.24) is 14.9 Å². The van der Waals surface area contributed by atoms with E-state index in [2.05, 4.69) is 54.9 Å². The summed E-state index contributed by atoms with van der Waals surface area (Å²) in [6.07, 6.45) is 1.85. The summed E-state index contributed by atoms with van der Waals surface area (Å²) in [6.45, 7) is 8.17. The van der Waals surface area contributed by atoms with E-state index in [4.69, 9.17) is 26.1 Å². The first-order chi connectivity index (χ1) is 17.9. The van der Waals surface area contributed by atoms with Gasteiger partial charge in [-0.05, 0) is 79.3 Å². The van der Waals surface area contributed by atoms with Gasteiger partial charge in [-0.3, -0.25) is 4.79 Å². The van der Waals surface area contributed by atoms with Crippen molar-refractivity contribution >= 4 is 28.5 Å². The molecule has 0 bridgehead atoms. The first-order valence-electron chi connectivity index (χ1n) is 12.7. The number of halogens is 1. The van der Waals surface area contributed by atoms with Gasteiger partial charge in [0.2, 0.25) is 0 Å². The minimum Gasteiger partial charge on any atom is -0.493 e. The molecule has 0 aliphatic rings. The Labute approximate surface area is 223 Å². The molecule has 194 valence electrons. The average Bonchev–Trinajstić information content (AvgIpc) is 3.24. The van der Waals surface area contributed by atoms with Crippen molar-refractivity contribution < 1.29 is 14.3 Å². The van der Waals surface area contributed by atoms with Gasteiger partial charge in [-0.1, -0.05) is 49.7 Å². The van der Waals surface area contributed by atoms with Crippen molar-refractivity contribution in [1.29, 1.82) is 0 Å². The van der Waals surface area contributed by atoms with Crippen molar-refractivity contribution in [3.63, 3.8) is 0 Å². The summed E-state index contributed by atoms with van der Waals surface area (Å²) < 4.78 is 13.9. The summed E-state index contributed by atoms with van der Waals surface area (Å²) in [4.78, 5) is 17.2. The van der Waals surface area contributed by atoms with Gasteiger partial charge < -0.3 is 19.4 Å². The van der Waals surface area contributed by atoms with E-state index in [1.54, 1.807) is 24.3 Å². The molecule has 0 radical (unpaired) electrons. The summed E-state index contributed by atoms with van der Waals surface area (Å²) >= 11 is 5.89. The number of benzene rings is 3. The smallest absolute Gasteiger partial charge is 0.258 e. The van der Waals surface area contributed by atoms with Crippen LogP contribution in [0.3, 0.4) is 0 Å². The molecule has 1 amide bonds. The summed E-state index contributed by atoms with van der Waals surface area (Å²) in [5.41, 5.74) is 4.42. The van der Waals surface area contributed by atoms with Crippen LogP contribution in [0, 0.1) is 6.92 Å². The number of fused-ring (bicyclic) bond motifs is 1. The van der Waals surface area contributed by atoms with Crippen molar-refractivity contribution in [3.05, 3.63) is 88.7 Å². The molecule has 0 fully saturated rings. The van der Waals surface area contributed by atoms with Crippen LogP contribution in [0.5, 0.6) is 11.5 Å². The SMILES string of the molecule is Cc1ccc(C(C)C)c(OCCCCn2c(CNC(=O)COc3ccc(Cl)cc3)nc3ccccc32)c1. The molecule has 7 heteroatoms. The van der Waals surface area contributed by atoms with Crippen molar-refractivity contribution in [3.8, 4) is 11.5 Å². The van der Waals surface area contributed by atoms with Crippen LogP contribution < -0.4 is 14.8 Å². The summed E-state index contributed by atoms with van der Waals surface area (Å²) in [7, 11) is 0. The van der Waals surface area contributed by atoms with E-state index < -0.39 is 0 Å². The molecule has 0 spiro atoms. The molecule has 4 aromatic rings. The van der Waals surface area contributed by atoms with E-state index in [9.17, 15) is 4.79 Å². The second kappa shape index (κ2) is 12.6. The number of carbonyl (C=O) groups excluding carboxylic acids is 1. The van der Waals surface area contributed by atoms with Crippen molar-refractivity contribution in [2.24, 2.45) is 0 Å². The number of aryl methyl sites for hydroxylation is 2. The highest BCUT2D eigenvalue weighted by Crippen LogP contribution is 2.27. The standard InChI is InChI=1S/C30H34ClN3O3/c1-21(2)25-15-10-22(3)18-28(25)36-17-7-6-16-34-27-9-5-4-8-26(27)33-29(34)19-32-30(35)20-37-24-13-11-23(31)12-14-24/h4-5,8-15,18,21H,6-7,16-17,19-20H2,1-3H3,(H,32,35). The van der Waals surface area contributed by atoms with Gasteiger partial charge in [0.1, 0.15) is 17.3 Å². The van der Waals surface area contributed by atoms with Gasteiger partial charge in [0.05, 0.1) is 24.2 Å². The summed E-state index contributed by atoms with van der Waals surface area (Å²) in [6, 6.07) is 21.4. The predicted molar refractivity (Wildman–Crippen MR) is 149 cm³/mol. The molecule has 1 aromatic heterocycles. The molecule has 4 rings (SSSR count). The number of para-hydroxylation sites is 2. The molecule has 0 aliphatic carbocycles. The molecule has 0 atom stereocenters. The first kappa shape index (κ1) is 26.6. The Morgan fingerprint density at radius 3 is 2.59 bits per heavy atom. The second-order valence-corrected chi connectivity index (χ2v) is 9.88. The number of rotatable bonds is 12. The predicted octanol–water partition coefficient (Wildman–Crippen LogP) is 6.68. The molecular weight excluding hydrogens is 486 g/mol. The molecule has 0 saturated carbocycles. The molecule has 37 heavy (non-hydrogen) atoms. The van der Waals surface area contributed by atoms with Gasteiger partial charge in [0.25, 0.3) is 5.91 Å². The molecule has 1 N–H and O–H groups in total. The largest absolute Gasteiger partial charge is 0.493 e. The van der Waals surface area contributed by atoms with Crippen LogP contribution in [-0.4, -0.2) is 28.7 Å². The Kier molecular flexibility index (Phi) is 9.07. The Balaban J connectivity index is 1.32. The number of hydrogen-bond donors (Lipinski definition) is 1. The van der Waals surface area contributed by atoms with E-state index >= 15 is 0 Å². The summed E-state index contributed by atoms with van der Waals surface area (Å²) in [5, 5.41) is 3.55. The van der Waals surface area contributed by atoms with Crippen LogP contribution in [0.4, 0.5) is 0 Å². The zero-order valence-electron chi connectivity index (χ0n) is 21.7. The molecule has 0 unspecified atom stereocenters. The van der Waals surface area contributed by atoms with Gasteiger partial charge in [0.15, 0.2) is 6.61 Å². The number of ether oxygens (including phenoxy) is 2. The number of amides is 1. The third kappa shape index (κ3) is 7.26. The molecule has 3 aromatic carbocycles. The monoisotopic (exact) mass is 519 g/mol. The van der Waals surface area contributed by atoms with Gasteiger partial charge >= 0.3 is 0 Å². The lowest BCUT2D eigenvalue weighted by Crippen LogP contribution is -2.29. The fourth-order valence-corrected chi connectivity index (χ4v) is 4.34. The fourth-order valence-electron chi connectivity index (χ4n) is 4.22. The summed E-state index contributed by atoms with van der Waals surface area (Å²) in [5.74, 6) is 2.61. The first-order valence-corrected chi connectivity index (χ1v) is 13.1. The van der Waals surface area contributed by atoms with Crippen molar-refractivity contribution in [2.75, 3.05) is 13.2 Å². The Morgan fingerprint density at radius 1 is 1.03 bits per heavy atom. The maximum Gasteiger partial charge on any atom is 0.258 e. The lowest BCUT2D eigenvalue weighted by molar-refractivity contribution is -0.123. The highest BCUT2D eigenvalue weighted by atomic mass is 35.5. The number of carbonyl (C=O) groups is 1. The molecular formula is C30H34ClN3O3. The van der Waals surface area contributed by atoms with Gasteiger partial charge in [-0.25, -0.2) is 4.98 Å².